The first-order chi connectivity index (χ1) is 16.3. The normalized spacial score (nSPS) is 14.9. The summed E-state index contributed by atoms with van der Waals surface area (Å²) in [7, 11) is -3.46. The Labute approximate surface area is 206 Å². The molecule has 4 rings (SSSR count). The van der Waals surface area contributed by atoms with Crippen molar-refractivity contribution in [2.24, 2.45) is 0 Å². The average Bonchev–Trinajstić information content (AvgIpc) is 3.35. The first-order valence-electron chi connectivity index (χ1n) is 11.7. The van der Waals surface area contributed by atoms with Crippen LogP contribution in [0.1, 0.15) is 48.0 Å². The van der Waals surface area contributed by atoms with E-state index >= 15 is 0 Å². The first kappa shape index (κ1) is 24.4. The number of thiazole rings is 1. The number of aromatic nitrogens is 1. The minimum absolute atomic E-state index is 0.0960. The van der Waals surface area contributed by atoms with Gasteiger partial charge in [-0.1, -0.05) is 24.3 Å². The summed E-state index contributed by atoms with van der Waals surface area (Å²) in [5.74, 6) is 0.0930. The van der Waals surface area contributed by atoms with E-state index in [0.717, 1.165) is 48.5 Å². The number of hydrogen-bond donors (Lipinski definition) is 0. The lowest BCUT2D eigenvalue weighted by molar-refractivity contribution is 0.0709. The van der Waals surface area contributed by atoms with E-state index in [2.05, 4.69) is 48.4 Å². The smallest absolute Gasteiger partial charge is 0.255 e. The molecule has 0 atom stereocenters. The molecule has 6 nitrogen and oxygen atoms in total. The van der Waals surface area contributed by atoms with Crippen LogP contribution in [0.5, 0.6) is 0 Å². The number of anilines is 1. The minimum Gasteiger partial charge on any atom is -0.372 e. The zero-order valence-electron chi connectivity index (χ0n) is 19.9. The van der Waals surface area contributed by atoms with Crippen molar-refractivity contribution in [2.75, 3.05) is 37.3 Å². The van der Waals surface area contributed by atoms with E-state index in [9.17, 15) is 13.2 Å². The zero-order chi connectivity index (χ0) is 24.3. The van der Waals surface area contributed by atoms with Crippen LogP contribution in [0.4, 0.5) is 5.69 Å². The van der Waals surface area contributed by atoms with Gasteiger partial charge in [-0.05, 0) is 51.0 Å². The Balaban J connectivity index is 1.42. The second-order valence-electron chi connectivity index (χ2n) is 8.62. The van der Waals surface area contributed by atoms with Crippen molar-refractivity contribution in [3.05, 3.63) is 64.5 Å². The lowest BCUT2D eigenvalue weighted by atomic mass is 9.97. The largest absolute Gasteiger partial charge is 0.372 e. The third kappa shape index (κ3) is 5.18. The number of nitrogens with zero attached hydrogens (tertiary/aromatic N) is 3. The van der Waals surface area contributed by atoms with Crippen molar-refractivity contribution in [1.29, 1.82) is 0 Å². The van der Waals surface area contributed by atoms with E-state index in [-0.39, 0.29) is 16.4 Å². The molecule has 0 unspecified atom stereocenters. The molecule has 1 fully saturated rings. The monoisotopic (exact) mass is 497 g/mol. The number of sulfone groups is 1. The highest BCUT2D eigenvalue weighted by atomic mass is 32.2. The van der Waals surface area contributed by atoms with Gasteiger partial charge in [-0.25, -0.2) is 13.4 Å². The molecule has 8 heteroatoms. The zero-order valence-corrected chi connectivity index (χ0v) is 21.5. The molecule has 0 aliphatic carbocycles. The molecule has 1 aliphatic rings. The number of benzene rings is 2. The molecule has 0 saturated carbocycles. The van der Waals surface area contributed by atoms with Crippen LogP contribution in [0.25, 0.3) is 11.3 Å². The molecule has 0 spiro atoms. The second-order valence-corrected chi connectivity index (χ2v) is 11.5. The maximum Gasteiger partial charge on any atom is 0.255 e. The molecule has 1 amide bonds. The number of likely N-dealkylation sites (tertiary alicyclic amines) is 1. The molecular formula is C26H31N3O3S2. The van der Waals surface area contributed by atoms with Gasteiger partial charge < -0.3 is 9.80 Å². The molecule has 3 aromatic rings. The fourth-order valence-electron chi connectivity index (χ4n) is 4.51. The summed E-state index contributed by atoms with van der Waals surface area (Å²) in [6, 6.07) is 15.0. The predicted octanol–water partition coefficient (Wildman–Crippen LogP) is 5.08. The van der Waals surface area contributed by atoms with E-state index in [1.54, 1.807) is 34.4 Å². The molecule has 1 saturated heterocycles. The Morgan fingerprint density at radius 2 is 1.71 bits per heavy atom. The van der Waals surface area contributed by atoms with Gasteiger partial charge in [0.25, 0.3) is 5.91 Å². The molecule has 1 aliphatic heterocycles. The molecule has 2 aromatic carbocycles. The number of piperidine rings is 1. The van der Waals surface area contributed by atoms with Gasteiger partial charge in [-0.15, -0.1) is 11.3 Å². The lowest BCUT2D eigenvalue weighted by Crippen LogP contribution is -2.38. The first-order valence-corrected chi connectivity index (χ1v) is 14.5. The summed E-state index contributed by atoms with van der Waals surface area (Å²) in [6.07, 6.45) is 2.78. The van der Waals surface area contributed by atoms with Crippen LogP contribution in [0.15, 0.2) is 58.8 Å². The number of carbonyl (C=O) groups is 1. The molecule has 34 heavy (non-hydrogen) atoms. The van der Waals surface area contributed by atoms with Crippen LogP contribution in [0.2, 0.25) is 0 Å². The summed E-state index contributed by atoms with van der Waals surface area (Å²) in [4.78, 5) is 22.2. The van der Waals surface area contributed by atoms with E-state index in [0.29, 0.717) is 19.0 Å². The predicted molar refractivity (Wildman–Crippen MR) is 139 cm³/mol. The Hall–Kier alpha value is -2.71. The quantitative estimate of drug-likeness (QED) is 0.455. The Bertz CT molecular complexity index is 1240. The third-order valence-corrected chi connectivity index (χ3v) is 8.62. The summed E-state index contributed by atoms with van der Waals surface area (Å²) in [5.41, 5.74) is 3.59. The van der Waals surface area contributed by atoms with Gasteiger partial charge in [-0.2, -0.15) is 0 Å². The van der Waals surface area contributed by atoms with Crippen LogP contribution >= 0.6 is 11.3 Å². The average molecular weight is 498 g/mol. The van der Waals surface area contributed by atoms with Crippen LogP contribution < -0.4 is 4.90 Å². The van der Waals surface area contributed by atoms with Gasteiger partial charge in [0.15, 0.2) is 9.84 Å². The highest BCUT2D eigenvalue weighted by molar-refractivity contribution is 7.90. The Kier molecular flexibility index (Phi) is 7.38. The lowest BCUT2D eigenvalue weighted by Gasteiger charge is -2.31. The number of carbonyl (C=O) groups excluding carboxylic acids is 1. The van der Waals surface area contributed by atoms with Gasteiger partial charge in [0.1, 0.15) is 0 Å². The SMILES string of the molecule is CCN(CC)c1ccc(-c2csc(C3CCN(C(=O)c4ccccc4S(C)(=O)=O)CC3)n2)cc1. The van der Waals surface area contributed by atoms with Gasteiger partial charge in [0.2, 0.25) is 0 Å². The molecule has 0 radical (unpaired) electrons. The maximum atomic E-state index is 13.1. The molecular weight excluding hydrogens is 466 g/mol. The van der Waals surface area contributed by atoms with Crippen molar-refractivity contribution in [3.63, 3.8) is 0 Å². The number of amides is 1. The second kappa shape index (κ2) is 10.3. The van der Waals surface area contributed by atoms with E-state index < -0.39 is 9.84 Å². The Morgan fingerprint density at radius 1 is 1.06 bits per heavy atom. The van der Waals surface area contributed by atoms with Gasteiger partial charge in [-0.3, -0.25) is 4.79 Å². The van der Waals surface area contributed by atoms with Crippen molar-refractivity contribution in [3.8, 4) is 11.3 Å². The standard InChI is InChI=1S/C26H31N3O3S2/c1-4-28(5-2)21-12-10-19(11-13-21)23-18-33-25(27-23)20-14-16-29(17-15-20)26(30)22-8-6-7-9-24(22)34(3,31)32/h6-13,18,20H,4-5,14-17H2,1-3H3. The van der Waals surface area contributed by atoms with Gasteiger partial charge in [0.05, 0.1) is 21.2 Å². The molecule has 180 valence electrons. The van der Waals surface area contributed by atoms with E-state index in [1.807, 2.05) is 0 Å². The van der Waals surface area contributed by atoms with E-state index in [1.165, 1.54) is 11.8 Å². The van der Waals surface area contributed by atoms with Gasteiger partial charge in [0, 0.05) is 55.0 Å². The van der Waals surface area contributed by atoms with Crippen molar-refractivity contribution in [1.82, 2.24) is 9.88 Å². The van der Waals surface area contributed by atoms with Crippen molar-refractivity contribution >= 4 is 32.8 Å². The summed E-state index contributed by atoms with van der Waals surface area (Å²) < 4.78 is 24.2. The molecule has 2 heterocycles. The molecule has 1 aromatic heterocycles. The topological polar surface area (TPSA) is 70.6 Å². The van der Waals surface area contributed by atoms with Gasteiger partial charge >= 0.3 is 0 Å². The van der Waals surface area contributed by atoms with Crippen LogP contribution in [0, 0.1) is 0 Å². The maximum absolute atomic E-state index is 13.1. The summed E-state index contributed by atoms with van der Waals surface area (Å²) >= 11 is 1.68. The highest BCUT2D eigenvalue weighted by Gasteiger charge is 2.28. The Morgan fingerprint density at radius 3 is 2.32 bits per heavy atom. The third-order valence-electron chi connectivity index (χ3n) is 6.46. The van der Waals surface area contributed by atoms with E-state index in [4.69, 9.17) is 4.98 Å². The van der Waals surface area contributed by atoms with Crippen LogP contribution in [-0.2, 0) is 9.84 Å². The number of hydrogen-bond acceptors (Lipinski definition) is 6. The fourth-order valence-corrected chi connectivity index (χ4v) is 6.39. The minimum atomic E-state index is -3.46. The summed E-state index contributed by atoms with van der Waals surface area (Å²) in [6.45, 7) is 7.47. The highest BCUT2D eigenvalue weighted by Crippen LogP contribution is 2.34. The number of rotatable bonds is 7. The fraction of sp³-hybridized carbons (Fsp3) is 0.385. The summed E-state index contributed by atoms with van der Waals surface area (Å²) in [5, 5.41) is 3.22. The van der Waals surface area contributed by atoms with Crippen molar-refractivity contribution < 1.29 is 13.2 Å². The van der Waals surface area contributed by atoms with Crippen LogP contribution in [0.3, 0.4) is 0 Å². The van der Waals surface area contributed by atoms with Crippen molar-refractivity contribution in [2.45, 2.75) is 37.5 Å². The molecule has 0 N–H and O–H groups in total. The van der Waals surface area contributed by atoms with Crippen LogP contribution in [-0.4, -0.2) is 56.6 Å². The molecule has 0 bridgehead atoms.